The Kier molecular flexibility index (Phi) is 9.03. The zero-order chi connectivity index (χ0) is 31.1. The Labute approximate surface area is 217 Å². The summed E-state index contributed by atoms with van der Waals surface area (Å²) in [5.41, 5.74) is -16.2. The minimum Gasteiger partial charge on any atom is -0.452 e. The third kappa shape index (κ3) is 6.21. The van der Waals surface area contributed by atoms with Gasteiger partial charge in [-0.3, -0.25) is 0 Å². The number of aliphatic hydroxyl groups is 1. The van der Waals surface area contributed by atoms with Gasteiger partial charge in [0.2, 0.25) is 0 Å². The lowest BCUT2D eigenvalue weighted by atomic mass is 9.92. The van der Waals surface area contributed by atoms with Crippen molar-refractivity contribution < 1.29 is 81.6 Å². The highest BCUT2D eigenvalue weighted by molar-refractivity contribution is 5.83. The molecular weight excluding hydrogens is 588 g/mol. The first kappa shape index (κ1) is 33.7. The third-order valence-electron chi connectivity index (χ3n) is 6.34. The van der Waals surface area contributed by atoms with E-state index in [0.717, 1.165) is 19.1 Å². The molecule has 0 saturated carbocycles. The number of ether oxygens (including phenoxy) is 3. The van der Waals surface area contributed by atoms with E-state index in [1.54, 1.807) is 0 Å². The summed E-state index contributed by atoms with van der Waals surface area (Å²) in [6.07, 6.45) is -24.1. The topological polar surface area (TPSA) is 82.1 Å². The fourth-order valence-electron chi connectivity index (χ4n) is 4.05. The summed E-state index contributed by atoms with van der Waals surface area (Å²) in [7, 11) is 0. The van der Waals surface area contributed by atoms with Gasteiger partial charge in [0.05, 0.1) is 6.61 Å². The molecule has 0 bridgehead atoms. The molecule has 0 amide bonds. The van der Waals surface area contributed by atoms with Crippen LogP contribution in [-0.4, -0.2) is 70.8 Å². The van der Waals surface area contributed by atoms with Crippen molar-refractivity contribution in [1.82, 2.24) is 0 Å². The second-order valence-corrected chi connectivity index (χ2v) is 9.37. The minimum atomic E-state index is -6.67. The molecule has 0 saturated heterocycles. The van der Waals surface area contributed by atoms with Crippen LogP contribution in [0.3, 0.4) is 0 Å². The molecule has 0 aromatic heterocycles. The number of hydrogen-bond donors (Lipinski definition) is 1. The number of esters is 2. The Bertz CT molecular complexity index is 982. The van der Waals surface area contributed by atoms with E-state index in [0.29, 0.717) is 12.5 Å². The fourth-order valence-corrected chi connectivity index (χ4v) is 4.05. The molecule has 0 spiro atoms. The van der Waals surface area contributed by atoms with Gasteiger partial charge in [-0.15, -0.1) is 0 Å². The molecule has 6 nitrogen and oxygen atoms in total. The molecule has 18 heteroatoms. The smallest absolute Gasteiger partial charge is 0.437 e. The van der Waals surface area contributed by atoms with Gasteiger partial charge >= 0.3 is 47.8 Å². The SMILES string of the molecule is CC1(OC(=O)C(OCCC2(OC(=O)C(O)(C(F)(F)F)C(F)(F)F)C=CCC2)(C(F)(F)F)C(F)(F)F)C=CCCC1. The van der Waals surface area contributed by atoms with Crippen LogP contribution < -0.4 is 0 Å². The molecule has 2 rings (SSSR count). The predicted molar refractivity (Wildman–Crippen MR) is 107 cm³/mol. The van der Waals surface area contributed by atoms with Gasteiger partial charge in [-0.05, 0) is 51.2 Å². The Morgan fingerprint density at radius 2 is 1.27 bits per heavy atom. The highest BCUT2D eigenvalue weighted by atomic mass is 19.4. The van der Waals surface area contributed by atoms with Crippen molar-refractivity contribution in [3.05, 3.63) is 24.3 Å². The third-order valence-corrected chi connectivity index (χ3v) is 6.34. The van der Waals surface area contributed by atoms with Gasteiger partial charge < -0.3 is 19.3 Å². The van der Waals surface area contributed by atoms with E-state index < -0.39 is 78.5 Å². The minimum absolute atomic E-state index is 0.147. The highest BCUT2D eigenvalue weighted by Gasteiger charge is 2.79. The number of rotatable bonds is 8. The van der Waals surface area contributed by atoms with E-state index in [9.17, 15) is 67.4 Å². The van der Waals surface area contributed by atoms with Crippen LogP contribution >= 0.6 is 0 Å². The average molecular weight is 610 g/mol. The quantitative estimate of drug-likeness (QED) is 0.213. The molecule has 2 atom stereocenters. The number of allylic oxidation sites excluding steroid dienone is 2. The van der Waals surface area contributed by atoms with Crippen LogP contribution in [-0.2, 0) is 23.8 Å². The van der Waals surface area contributed by atoms with Crippen molar-refractivity contribution in [1.29, 1.82) is 0 Å². The highest BCUT2D eigenvalue weighted by Crippen LogP contribution is 2.49. The first-order valence-corrected chi connectivity index (χ1v) is 11.3. The maximum atomic E-state index is 13.9. The molecule has 0 aromatic carbocycles. The normalized spacial score (nSPS) is 24.8. The molecule has 40 heavy (non-hydrogen) atoms. The van der Waals surface area contributed by atoms with Crippen molar-refractivity contribution in [2.24, 2.45) is 0 Å². The molecule has 0 aliphatic heterocycles. The lowest BCUT2D eigenvalue weighted by molar-refractivity contribution is -0.372. The zero-order valence-electron chi connectivity index (χ0n) is 20.3. The molecule has 0 radical (unpaired) electrons. The standard InChI is InChI=1S/C22H22F12O6/c1-15(7-3-2-4-8-15)39-14(36)18(21(29,30)31,22(32,33)34)38-12-11-16(9-5-6-10-16)40-13(35)17(37,19(23,24)25)20(26,27)28/h3,5,7,9,37H,2,4,6,8,10-12H2,1H3. The largest absolute Gasteiger partial charge is 0.452 e. The maximum absolute atomic E-state index is 13.9. The van der Waals surface area contributed by atoms with Gasteiger partial charge in [-0.1, -0.05) is 12.2 Å². The number of carbonyl (C=O) groups excluding carboxylic acids is 2. The van der Waals surface area contributed by atoms with E-state index >= 15 is 0 Å². The van der Waals surface area contributed by atoms with E-state index in [1.165, 1.54) is 6.08 Å². The molecule has 2 aliphatic rings. The first-order chi connectivity index (χ1) is 17.9. The van der Waals surface area contributed by atoms with Crippen LogP contribution in [0.15, 0.2) is 24.3 Å². The van der Waals surface area contributed by atoms with Gasteiger partial charge in [0.15, 0.2) is 0 Å². The van der Waals surface area contributed by atoms with Crippen molar-refractivity contribution >= 4 is 11.9 Å². The summed E-state index contributed by atoms with van der Waals surface area (Å²) in [6, 6.07) is 0. The van der Waals surface area contributed by atoms with Gasteiger partial charge in [0, 0.05) is 6.42 Å². The van der Waals surface area contributed by atoms with E-state index in [1.807, 2.05) is 0 Å². The van der Waals surface area contributed by atoms with Crippen molar-refractivity contribution in [2.75, 3.05) is 6.61 Å². The Morgan fingerprint density at radius 1 is 0.750 bits per heavy atom. The lowest BCUT2D eigenvalue weighted by Crippen LogP contribution is -2.66. The Hall–Kier alpha value is -2.50. The molecule has 1 N–H and O–H groups in total. The van der Waals surface area contributed by atoms with Crippen LogP contribution in [0.25, 0.3) is 0 Å². The number of carbonyl (C=O) groups is 2. The molecule has 230 valence electrons. The Balaban J connectivity index is 2.39. The van der Waals surface area contributed by atoms with E-state index in [-0.39, 0.29) is 19.3 Å². The van der Waals surface area contributed by atoms with Gasteiger partial charge in [-0.25, -0.2) is 9.59 Å². The number of alkyl halides is 12. The summed E-state index contributed by atoms with van der Waals surface area (Å²) in [5, 5.41) is 9.20. The first-order valence-electron chi connectivity index (χ1n) is 11.3. The van der Waals surface area contributed by atoms with Gasteiger partial charge in [-0.2, -0.15) is 52.7 Å². The fraction of sp³-hybridized carbons (Fsp3) is 0.727. The van der Waals surface area contributed by atoms with Crippen LogP contribution in [0.4, 0.5) is 52.7 Å². The van der Waals surface area contributed by atoms with Crippen LogP contribution in [0.1, 0.15) is 45.4 Å². The second-order valence-electron chi connectivity index (χ2n) is 9.37. The summed E-state index contributed by atoms with van der Waals surface area (Å²) >= 11 is 0. The van der Waals surface area contributed by atoms with Crippen molar-refractivity contribution in [3.63, 3.8) is 0 Å². The zero-order valence-corrected chi connectivity index (χ0v) is 20.3. The predicted octanol–water partition coefficient (Wildman–Crippen LogP) is 5.79. The number of hydrogen-bond acceptors (Lipinski definition) is 6. The van der Waals surface area contributed by atoms with Crippen LogP contribution in [0.5, 0.6) is 0 Å². The molecule has 2 unspecified atom stereocenters. The molecule has 0 heterocycles. The van der Waals surface area contributed by atoms with Crippen molar-refractivity contribution in [3.8, 4) is 0 Å². The summed E-state index contributed by atoms with van der Waals surface area (Å²) in [5.74, 6) is -6.24. The van der Waals surface area contributed by atoms with Gasteiger partial charge in [0.1, 0.15) is 11.2 Å². The van der Waals surface area contributed by atoms with Gasteiger partial charge in [0.25, 0.3) is 0 Å². The number of halogens is 12. The molecule has 2 aliphatic carbocycles. The summed E-state index contributed by atoms with van der Waals surface area (Å²) < 4.78 is 174. The average Bonchev–Trinajstić information content (AvgIpc) is 3.21. The monoisotopic (exact) mass is 610 g/mol. The second kappa shape index (κ2) is 10.7. The maximum Gasteiger partial charge on any atom is 0.437 e. The lowest BCUT2D eigenvalue weighted by Gasteiger charge is -2.39. The van der Waals surface area contributed by atoms with E-state index in [2.05, 4.69) is 14.2 Å². The molecular formula is C22H22F12O6. The van der Waals surface area contributed by atoms with Crippen LogP contribution in [0, 0.1) is 0 Å². The van der Waals surface area contributed by atoms with Crippen molar-refractivity contribution in [2.45, 2.75) is 92.6 Å². The molecule has 0 fully saturated rings. The van der Waals surface area contributed by atoms with E-state index in [4.69, 9.17) is 0 Å². The molecule has 0 aromatic rings. The Morgan fingerprint density at radius 3 is 1.68 bits per heavy atom. The van der Waals surface area contributed by atoms with Crippen LogP contribution in [0.2, 0.25) is 0 Å². The summed E-state index contributed by atoms with van der Waals surface area (Å²) in [6.45, 7) is -0.785. The summed E-state index contributed by atoms with van der Waals surface area (Å²) in [4.78, 5) is 24.4.